The van der Waals surface area contributed by atoms with Crippen molar-refractivity contribution in [3.8, 4) is 0 Å². The van der Waals surface area contributed by atoms with Crippen LogP contribution < -0.4 is 5.32 Å². The summed E-state index contributed by atoms with van der Waals surface area (Å²) in [6.07, 6.45) is 3.99. The van der Waals surface area contributed by atoms with Crippen molar-refractivity contribution < 1.29 is 13.2 Å². The number of aryl methyl sites for hydroxylation is 2. The van der Waals surface area contributed by atoms with Crippen molar-refractivity contribution >= 4 is 44.8 Å². The monoisotopic (exact) mass is 452 g/mol. The third-order valence-electron chi connectivity index (χ3n) is 5.72. The molecule has 1 amide bonds. The molecule has 0 saturated carbocycles. The minimum absolute atomic E-state index is 0.149. The van der Waals surface area contributed by atoms with Crippen molar-refractivity contribution in [3.63, 3.8) is 0 Å². The average Bonchev–Trinajstić information content (AvgIpc) is 3.18. The van der Waals surface area contributed by atoms with Gasteiger partial charge in [0.1, 0.15) is 0 Å². The Bertz CT molecular complexity index is 1050. The normalized spacial score (nSPS) is 17.9. The molecule has 1 N–H and O–H groups in total. The SMILES string of the molecule is O=C(Nc1ccc(Cl)cc1Cl)C1CCN(S(=O)(=O)c2ccc3c(c2)CCC3)CC1. The second-order valence-corrected chi connectivity index (χ2v) is 10.4. The molecule has 0 spiro atoms. The maximum atomic E-state index is 13.0. The molecular formula is C21H22Cl2N2O3S. The predicted molar refractivity (Wildman–Crippen MR) is 115 cm³/mol. The highest BCUT2D eigenvalue weighted by Gasteiger charge is 2.32. The minimum Gasteiger partial charge on any atom is -0.325 e. The van der Waals surface area contributed by atoms with Crippen molar-refractivity contribution in [2.75, 3.05) is 18.4 Å². The Morgan fingerprint density at radius 2 is 1.72 bits per heavy atom. The van der Waals surface area contributed by atoms with Gasteiger partial charge in [-0.05, 0) is 73.6 Å². The number of piperidine rings is 1. The van der Waals surface area contributed by atoms with Gasteiger partial charge in [0.05, 0.1) is 15.6 Å². The fourth-order valence-electron chi connectivity index (χ4n) is 4.04. The second kappa shape index (κ2) is 8.26. The molecule has 1 saturated heterocycles. The van der Waals surface area contributed by atoms with E-state index < -0.39 is 10.0 Å². The number of benzene rings is 2. The third kappa shape index (κ3) is 4.31. The Hall–Kier alpha value is -1.60. The average molecular weight is 453 g/mol. The van der Waals surface area contributed by atoms with E-state index in [1.807, 2.05) is 12.1 Å². The molecule has 2 aromatic carbocycles. The molecule has 2 aliphatic rings. The smallest absolute Gasteiger partial charge is 0.243 e. The zero-order valence-electron chi connectivity index (χ0n) is 15.8. The van der Waals surface area contributed by atoms with E-state index >= 15 is 0 Å². The lowest BCUT2D eigenvalue weighted by Crippen LogP contribution is -2.41. The standard InChI is InChI=1S/C21H22Cl2N2O3S/c22-17-5-7-20(19(23)13-17)24-21(26)15-8-10-25(11-9-15)29(27,28)18-6-4-14-2-1-3-16(14)12-18/h4-7,12-13,15H,1-3,8-11H2,(H,24,26). The van der Waals surface area contributed by atoms with Gasteiger partial charge in [0.15, 0.2) is 0 Å². The van der Waals surface area contributed by atoms with E-state index in [9.17, 15) is 13.2 Å². The van der Waals surface area contributed by atoms with Crippen LogP contribution in [0.3, 0.4) is 0 Å². The highest BCUT2D eigenvalue weighted by atomic mass is 35.5. The van der Waals surface area contributed by atoms with Gasteiger partial charge in [-0.25, -0.2) is 8.42 Å². The molecule has 4 rings (SSSR count). The first-order valence-corrected chi connectivity index (χ1v) is 11.9. The van der Waals surface area contributed by atoms with Crippen LogP contribution in [0.1, 0.15) is 30.4 Å². The van der Waals surface area contributed by atoms with Crippen molar-refractivity contribution in [1.29, 1.82) is 0 Å². The second-order valence-electron chi connectivity index (χ2n) is 7.58. The molecule has 1 aliphatic carbocycles. The number of fused-ring (bicyclic) bond motifs is 1. The zero-order valence-corrected chi connectivity index (χ0v) is 18.2. The molecule has 1 heterocycles. The maximum absolute atomic E-state index is 13.0. The molecule has 0 atom stereocenters. The fourth-order valence-corrected chi connectivity index (χ4v) is 6.02. The predicted octanol–water partition coefficient (Wildman–Crippen LogP) is 4.52. The molecule has 5 nitrogen and oxygen atoms in total. The zero-order chi connectivity index (χ0) is 20.6. The molecule has 0 radical (unpaired) electrons. The maximum Gasteiger partial charge on any atom is 0.243 e. The summed E-state index contributed by atoms with van der Waals surface area (Å²) in [6, 6.07) is 10.4. The van der Waals surface area contributed by atoms with Gasteiger partial charge in [-0.1, -0.05) is 29.3 Å². The van der Waals surface area contributed by atoms with Crippen LogP contribution in [0.5, 0.6) is 0 Å². The van der Waals surface area contributed by atoms with E-state index in [1.54, 1.807) is 24.3 Å². The number of anilines is 1. The quantitative estimate of drug-likeness (QED) is 0.740. The molecule has 0 aromatic heterocycles. The number of halogens is 2. The summed E-state index contributed by atoms with van der Waals surface area (Å²) in [6.45, 7) is 0.651. The Morgan fingerprint density at radius 3 is 2.45 bits per heavy atom. The van der Waals surface area contributed by atoms with Crippen molar-refractivity contribution in [1.82, 2.24) is 4.31 Å². The van der Waals surface area contributed by atoms with Crippen LogP contribution in [0.4, 0.5) is 5.69 Å². The number of carbonyl (C=O) groups is 1. The largest absolute Gasteiger partial charge is 0.325 e. The van der Waals surface area contributed by atoms with Gasteiger partial charge in [0.25, 0.3) is 0 Å². The van der Waals surface area contributed by atoms with E-state index in [4.69, 9.17) is 23.2 Å². The number of nitrogens with one attached hydrogen (secondary N) is 1. The van der Waals surface area contributed by atoms with Gasteiger partial charge in [-0.15, -0.1) is 0 Å². The van der Waals surface area contributed by atoms with Crippen LogP contribution >= 0.6 is 23.2 Å². The molecule has 1 aliphatic heterocycles. The summed E-state index contributed by atoms with van der Waals surface area (Å²) in [4.78, 5) is 12.9. The summed E-state index contributed by atoms with van der Waals surface area (Å²) in [5, 5.41) is 3.70. The summed E-state index contributed by atoms with van der Waals surface area (Å²) in [5.41, 5.74) is 2.90. The van der Waals surface area contributed by atoms with E-state index in [0.717, 1.165) is 24.8 Å². The first kappa shape index (κ1) is 20.7. The minimum atomic E-state index is -3.54. The Morgan fingerprint density at radius 1 is 1.00 bits per heavy atom. The summed E-state index contributed by atoms with van der Waals surface area (Å²) >= 11 is 12.0. The van der Waals surface area contributed by atoms with Crippen molar-refractivity contribution in [2.24, 2.45) is 5.92 Å². The highest BCUT2D eigenvalue weighted by Crippen LogP contribution is 2.30. The molecular weight excluding hydrogens is 431 g/mol. The van der Waals surface area contributed by atoms with E-state index in [-0.39, 0.29) is 11.8 Å². The molecule has 0 bridgehead atoms. The number of rotatable bonds is 4. The topological polar surface area (TPSA) is 66.5 Å². The number of nitrogens with zero attached hydrogens (tertiary/aromatic N) is 1. The van der Waals surface area contributed by atoms with Gasteiger partial charge in [0, 0.05) is 24.0 Å². The van der Waals surface area contributed by atoms with Gasteiger partial charge in [-0.3, -0.25) is 4.79 Å². The summed E-state index contributed by atoms with van der Waals surface area (Å²) in [5.74, 6) is -0.406. The Balaban J connectivity index is 1.40. The van der Waals surface area contributed by atoms with Crippen LogP contribution in [0, 0.1) is 5.92 Å². The lowest BCUT2D eigenvalue weighted by molar-refractivity contribution is -0.120. The van der Waals surface area contributed by atoms with Crippen molar-refractivity contribution in [3.05, 3.63) is 57.6 Å². The first-order valence-electron chi connectivity index (χ1n) is 9.72. The third-order valence-corrected chi connectivity index (χ3v) is 8.16. The highest BCUT2D eigenvalue weighted by molar-refractivity contribution is 7.89. The number of sulfonamides is 1. The number of hydrogen-bond donors (Lipinski definition) is 1. The number of amides is 1. The van der Waals surface area contributed by atoms with Crippen LogP contribution in [0.2, 0.25) is 10.0 Å². The summed E-state index contributed by atoms with van der Waals surface area (Å²) in [7, 11) is -3.54. The molecule has 154 valence electrons. The van der Waals surface area contributed by atoms with Crippen molar-refractivity contribution in [2.45, 2.75) is 37.0 Å². The molecule has 1 fully saturated rings. The number of carbonyl (C=O) groups excluding carboxylic acids is 1. The van der Waals surface area contributed by atoms with Gasteiger partial charge in [0.2, 0.25) is 15.9 Å². The van der Waals surface area contributed by atoms with E-state index in [0.29, 0.717) is 46.6 Å². The summed E-state index contributed by atoms with van der Waals surface area (Å²) < 4.78 is 27.5. The lowest BCUT2D eigenvalue weighted by Gasteiger charge is -2.30. The fraction of sp³-hybridized carbons (Fsp3) is 0.381. The van der Waals surface area contributed by atoms with Crippen LogP contribution in [0.15, 0.2) is 41.3 Å². The van der Waals surface area contributed by atoms with Crippen LogP contribution in [-0.2, 0) is 27.7 Å². The van der Waals surface area contributed by atoms with Crippen LogP contribution in [-0.4, -0.2) is 31.7 Å². The van der Waals surface area contributed by atoms with Gasteiger partial charge in [-0.2, -0.15) is 4.31 Å². The molecule has 2 aromatic rings. The molecule has 29 heavy (non-hydrogen) atoms. The van der Waals surface area contributed by atoms with Gasteiger partial charge < -0.3 is 5.32 Å². The Kier molecular flexibility index (Phi) is 5.89. The van der Waals surface area contributed by atoms with Crippen LogP contribution in [0.25, 0.3) is 0 Å². The van der Waals surface area contributed by atoms with Gasteiger partial charge >= 0.3 is 0 Å². The Labute approximate surface area is 181 Å². The lowest BCUT2D eigenvalue weighted by atomic mass is 9.97. The molecule has 0 unspecified atom stereocenters. The molecule has 8 heteroatoms. The first-order chi connectivity index (χ1) is 13.8. The number of hydrogen-bond acceptors (Lipinski definition) is 3. The van der Waals surface area contributed by atoms with E-state index in [1.165, 1.54) is 9.87 Å². The van der Waals surface area contributed by atoms with E-state index in [2.05, 4.69) is 5.32 Å².